The molecular formula is C20H20N8O. The number of hydrogen-bond donors (Lipinski definition) is 0. The summed E-state index contributed by atoms with van der Waals surface area (Å²) in [5.74, 6) is 3.51. The number of anilines is 1. The topological polar surface area (TPSA) is 106 Å². The van der Waals surface area contributed by atoms with Gasteiger partial charge in [0.1, 0.15) is 23.3 Å². The monoisotopic (exact) mass is 388 g/mol. The van der Waals surface area contributed by atoms with E-state index in [1.807, 2.05) is 12.3 Å². The summed E-state index contributed by atoms with van der Waals surface area (Å²) >= 11 is 0. The second-order valence-electron chi connectivity index (χ2n) is 7.43. The molecule has 5 rings (SSSR count). The molecule has 1 unspecified atom stereocenters. The predicted octanol–water partition coefficient (Wildman–Crippen LogP) is 2.11. The number of aromatic nitrogens is 6. The zero-order valence-electron chi connectivity index (χ0n) is 15.8. The van der Waals surface area contributed by atoms with Crippen molar-refractivity contribution in [2.24, 2.45) is 5.92 Å². The zero-order chi connectivity index (χ0) is 19.6. The highest BCUT2D eigenvalue weighted by molar-refractivity contribution is 5.39. The first-order valence-electron chi connectivity index (χ1n) is 9.77. The first-order valence-corrected chi connectivity index (χ1v) is 9.77. The molecule has 9 heteroatoms. The molecule has 0 bridgehead atoms. The summed E-state index contributed by atoms with van der Waals surface area (Å²) in [6.45, 7) is 2.25. The third kappa shape index (κ3) is 3.74. The Hall–Kier alpha value is -3.54. The molecule has 9 nitrogen and oxygen atoms in total. The van der Waals surface area contributed by atoms with Gasteiger partial charge in [0.05, 0.1) is 25.2 Å². The lowest BCUT2D eigenvalue weighted by Crippen LogP contribution is -2.23. The minimum Gasteiger partial charge on any atom is -0.476 e. The van der Waals surface area contributed by atoms with Crippen LogP contribution >= 0.6 is 0 Å². The minimum absolute atomic E-state index is 0.341. The molecule has 3 aromatic heterocycles. The van der Waals surface area contributed by atoms with Crippen molar-refractivity contribution in [3.05, 3.63) is 48.4 Å². The lowest BCUT2D eigenvalue weighted by Gasteiger charge is -2.17. The van der Waals surface area contributed by atoms with E-state index in [4.69, 9.17) is 4.74 Å². The fraction of sp³-hybridized carbons (Fsp3) is 0.400. The van der Waals surface area contributed by atoms with Crippen LogP contribution < -0.4 is 9.64 Å². The normalized spacial score (nSPS) is 18.6. The van der Waals surface area contributed by atoms with E-state index in [9.17, 15) is 5.26 Å². The van der Waals surface area contributed by atoms with Crippen LogP contribution in [0, 0.1) is 17.2 Å². The molecule has 1 aliphatic carbocycles. The molecule has 1 atom stereocenters. The number of hydrogen-bond acceptors (Lipinski definition) is 8. The van der Waals surface area contributed by atoms with Crippen LogP contribution in [-0.2, 0) is 0 Å². The van der Waals surface area contributed by atoms with Crippen LogP contribution in [0.3, 0.4) is 0 Å². The Bertz CT molecular complexity index is 1020. The summed E-state index contributed by atoms with van der Waals surface area (Å²) in [6, 6.07) is 3.97. The van der Waals surface area contributed by atoms with Crippen LogP contribution in [0.5, 0.6) is 5.88 Å². The van der Waals surface area contributed by atoms with Crippen molar-refractivity contribution in [3.63, 3.8) is 0 Å². The second kappa shape index (κ2) is 7.47. The van der Waals surface area contributed by atoms with Crippen molar-refractivity contribution in [1.82, 2.24) is 29.7 Å². The standard InChI is InChI=1S/C20H20N8O/c21-8-16-9-24-19(15-2-3-15)26-20(16)29-13-14-4-7-27(12-14)17-10-23-18(11-22-17)28-6-1-5-25-28/h1,5-6,9-11,14-15H,2-4,7,12-13H2. The van der Waals surface area contributed by atoms with E-state index in [1.54, 1.807) is 29.5 Å². The average Bonchev–Trinajstić information content (AvgIpc) is 3.26. The highest BCUT2D eigenvalue weighted by atomic mass is 16.5. The molecule has 146 valence electrons. The molecule has 2 aliphatic rings. The molecule has 29 heavy (non-hydrogen) atoms. The molecule has 4 heterocycles. The largest absolute Gasteiger partial charge is 0.476 e. The van der Waals surface area contributed by atoms with E-state index in [-0.39, 0.29) is 0 Å². The highest BCUT2D eigenvalue weighted by Crippen LogP contribution is 2.38. The second-order valence-corrected chi connectivity index (χ2v) is 7.43. The van der Waals surface area contributed by atoms with E-state index < -0.39 is 0 Å². The van der Waals surface area contributed by atoms with Crippen molar-refractivity contribution in [3.8, 4) is 17.8 Å². The minimum atomic E-state index is 0.341. The van der Waals surface area contributed by atoms with E-state index in [0.29, 0.717) is 35.7 Å². The summed E-state index contributed by atoms with van der Waals surface area (Å²) in [5, 5.41) is 13.5. The quantitative estimate of drug-likeness (QED) is 0.632. The van der Waals surface area contributed by atoms with Gasteiger partial charge in [-0.1, -0.05) is 0 Å². The first kappa shape index (κ1) is 17.6. The molecule has 1 saturated heterocycles. The average molecular weight is 388 g/mol. The van der Waals surface area contributed by atoms with Gasteiger partial charge in [0, 0.05) is 37.3 Å². The molecule has 1 saturated carbocycles. The van der Waals surface area contributed by atoms with Crippen LogP contribution in [0.4, 0.5) is 5.82 Å². The fourth-order valence-corrected chi connectivity index (χ4v) is 3.48. The van der Waals surface area contributed by atoms with Crippen LogP contribution in [0.2, 0.25) is 0 Å². The maximum atomic E-state index is 9.30. The third-order valence-electron chi connectivity index (χ3n) is 5.26. The van der Waals surface area contributed by atoms with Crippen LogP contribution in [0.1, 0.15) is 36.6 Å². The Balaban J connectivity index is 1.21. The smallest absolute Gasteiger partial charge is 0.235 e. The van der Waals surface area contributed by atoms with E-state index >= 15 is 0 Å². The Morgan fingerprint density at radius 3 is 2.69 bits per heavy atom. The van der Waals surface area contributed by atoms with Crippen LogP contribution in [0.25, 0.3) is 5.82 Å². The van der Waals surface area contributed by atoms with E-state index in [2.05, 4.69) is 36.0 Å². The third-order valence-corrected chi connectivity index (χ3v) is 5.26. The van der Waals surface area contributed by atoms with Crippen molar-refractivity contribution < 1.29 is 4.74 Å². The molecule has 0 aromatic carbocycles. The Morgan fingerprint density at radius 1 is 1.10 bits per heavy atom. The molecule has 0 amide bonds. The number of ether oxygens (including phenoxy) is 1. The molecule has 3 aromatic rings. The summed E-state index contributed by atoms with van der Waals surface area (Å²) in [7, 11) is 0. The summed E-state index contributed by atoms with van der Waals surface area (Å²) in [4.78, 5) is 20.0. The number of nitriles is 1. The molecule has 1 aliphatic heterocycles. The van der Waals surface area contributed by atoms with Crippen molar-refractivity contribution in [2.75, 3.05) is 24.6 Å². The van der Waals surface area contributed by atoms with Gasteiger partial charge in [-0.25, -0.2) is 19.6 Å². The van der Waals surface area contributed by atoms with Gasteiger partial charge in [0.25, 0.3) is 0 Å². The lowest BCUT2D eigenvalue weighted by atomic mass is 10.1. The van der Waals surface area contributed by atoms with E-state index in [1.165, 1.54) is 0 Å². The van der Waals surface area contributed by atoms with Crippen LogP contribution in [-0.4, -0.2) is 49.4 Å². The van der Waals surface area contributed by atoms with Crippen molar-refractivity contribution in [1.29, 1.82) is 5.26 Å². The van der Waals surface area contributed by atoms with Gasteiger partial charge in [-0.2, -0.15) is 15.3 Å². The summed E-state index contributed by atoms with van der Waals surface area (Å²) in [5.41, 5.74) is 0.393. The Morgan fingerprint density at radius 2 is 1.97 bits per heavy atom. The zero-order valence-corrected chi connectivity index (χ0v) is 15.8. The van der Waals surface area contributed by atoms with Gasteiger partial charge in [0.15, 0.2) is 5.82 Å². The maximum absolute atomic E-state index is 9.30. The molecule has 0 spiro atoms. The molecule has 0 radical (unpaired) electrons. The van der Waals surface area contributed by atoms with Gasteiger partial charge in [0.2, 0.25) is 5.88 Å². The van der Waals surface area contributed by atoms with Gasteiger partial charge >= 0.3 is 0 Å². The van der Waals surface area contributed by atoms with E-state index in [0.717, 1.165) is 44.0 Å². The highest BCUT2D eigenvalue weighted by Gasteiger charge is 2.28. The van der Waals surface area contributed by atoms with Gasteiger partial charge in [-0.05, 0) is 25.3 Å². The maximum Gasteiger partial charge on any atom is 0.235 e. The molecule has 2 fully saturated rings. The van der Waals surface area contributed by atoms with Crippen molar-refractivity contribution in [2.45, 2.75) is 25.2 Å². The molecular weight excluding hydrogens is 368 g/mol. The number of rotatable bonds is 6. The summed E-state index contributed by atoms with van der Waals surface area (Å²) < 4.78 is 7.62. The molecule has 0 N–H and O–H groups in total. The number of nitrogens with zero attached hydrogens (tertiary/aromatic N) is 8. The van der Waals surface area contributed by atoms with Crippen LogP contribution in [0.15, 0.2) is 37.1 Å². The summed E-state index contributed by atoms with van der Waals surface area (Å²) in [6.07, 6.45) is 11.9. The van der Waals surface area contributed by atoms with Gasteiger partial charge in [-0.15, -0.1) is 0 Å². The SMILES string of the molecule is N#Cc1cnc(C2CC2)nc1OCC1CCN(c2cnc(-n3cccn3)cn2)C1. The Labute approximate surface area is 168 Å². The van der Waals surface area contributed by atoms with Gasteiger partial charge in [-0.3, -0.25) is 0 Å². The first-order chi connectivity index (χ1) is 14.3. The predicted molar refractivity (Wildman–Crippen MR) is 104 cm³/mol. The van der Waals surface area contributed by atoms with Crippen molar-refractivity contribution >= 4 is 5.82 Å². The van der Waals surface area contributed by atoms with Gasteiger partial charge < -0.3 is 9.64 Å². The Kier molecular flexibility index (Phi) is 4.52. The fourth-order valence-electron chi connectivity index (χ4n) is 3.48. The lowest BCUT2D eigenvalue weighted by molar-refractivity contribution is 0.250.